The molecule has 1 unspecified atom stereocenters. The maximum absolute atomic E-state index is 12.8. The van der Waals surface area contributed by atoms with Crippen LogP contribution in [0, 0.1) is 0 Å². The average Bonchev–Trinajstić information content (AvgIpc) is 2.66. The minimum atomic E-state index is -3.39. The number of rotatable bonds is 9. The van der Waals surface area contributed by atoms with Crippen molar-refractivity contribution in [2.24, 2.45) is 0 Å². The normalized spacial score (nSPS) is 12.1. The molecule has 8 heteroatoms. The third-order valence-corrected chi connectivity index (χ3v) is 4.82. The molecule has 0 heterocycles. The summed E-state index contributed by atoms with van der Waals surface area (Å²) in [4.78, 5) is 25.1. The maximum Gasteiger partial charge on any atom is 0.355 e. The summed E-state index contributed by atoms with van der Waals surface area (Å²) in [6.07, 6.45) is -0.442. The van der Waals surface area contributed by atoms with Crippen molar-refractivity contribution in [1.29, 1.82) is 0 Å². The van der Waals surface area contributed by atoms with Crippen LogP contribution in [0.3, 0.4) is 0 Å². The zero-order valence-corrected chi connectivity index (χ0v) is 16.7. The number of carbonyl (C=O) groups is 2. The van der Waals surface area contributed by atoms with E-state index >= 15 is 0 Å². The smallest absolute Gasteiger partial charge is 0.355 e. The van der Waals surface area contributed by atoms with Crippen molar-refractivity contribution in [2.75, 3.05) is 19.5 Å². The highest BCUT2D eigenvalue weighted by atomic mass is 32.2. The highest BCUT2D eigenvalue weighted by molar-refractivity contribution is 7.90. The van der Waals surface area contributed by atoms with Gasteiger partial charge in [0.05, 0.1) is 18.1 Å². The van der Waals surface area contributed by atoms with Crippen LogP contribution in [0.25, 0.3) is 0 Å². The molecule has 0 fully saturated rings. The zero-order valence-electron chi connectivity index (χ0n) is 15.9. The van der Waals surface area contributed by atoms with Gasteiger partial charge < -0.3 is 14.2 Å². The molecule has 0 spiro atoms. The monoisotopic (exact) mass is 406 g/mol. The first-order chi connectivity index (χ1) is 13.3. The lowest BCUT2D eigenvalue weighted by atomic mass is 10.1. The van der Waals surface area contributed by atoms with Crippen LogP contribution in [0.2, 0.25) is 0 Å². The summed E-state index contributed by atoms with van der Waals surface area (Å²) >= 11 is 0. The van der Waals surface area contributed by atoms with E-state index in [1.54, 1.807) is 31.2 Å². The first-order valence-electron chi connectivity index (χ1n) is 8.66. The van der Waals surface area contributed by atoms with Gasteiger partial charge in [-0.25, -0.2) is 13.2 Å². The molecule has 0 N–H and O–H groups in total. The second kappa shape index (κ2) is 9.36. The summed E-state index contributed by atoms with van der Waals surface area (Å²) in [5.74, 6) is -0.534. The second-order valence-electron chi connectivity index (χ2n) is 5.82. The third-order valence-electron chi connectivity index (χ3n) is 3.69. The fourth-order valence-corrected chi connectivity index (χ4v) is 2.99. The fraction of sp³-hybridized carbons (Fsp3) is 0.300. The summed E-state index contributed by atoms with van der Waals surface area (Å²) in [7, 11) is -3.39. The van der Waals surface area contributed by atoms with Gasteiger partial charge in [-0.15, -0.1) is 0 Å². The second-order valence-corrected chi connectivity index (χ2v) is 7.83. The Kier molecular flexibility index (Phi) is 7.17. The van der Waals surface area contributed by atoms with E-state index in [0.717, 1.165) is 6.26 Å². The number of sulfone groups is 1. The average molecular weight is 406 g/mol. The first-order valence-corrected chi connectivity index (χ1v) is 10.6. The van der Waals surface area contributed by atoms with Crippen molar-refractivity contribution in [1.82, 2.24) is 0 Å². The molecule has 0 radical (unpaired) electrons. The lowest BCUT2D eigenvalue weighted by Crippen LogP contribution is -2.37. The van der Waals surface area contributed by atoms with E-state index in [1.807, 2.05) is 6.92 Å². The number of hydrogen-bond acceptors (Lipinski definition) is 7. The molecule has 1 atom stereocenters. The Morgan fingerprint density at radius 3 is 1.96 bits per heavy atom. The van der Waals surface area contributed by atoms with Gasteiger partial charge in [0.15, 0.2) is 9.84 Å². The molecule has 0 bridgehead atoms. The lowest BCUT2D eigenvalue weighted by molar-refractivity contribution is -0.149. The SMILES string of the molecule is CCOC(=O)C(Oc1ccc(OCC)cc1)C(=O)c1ccc(S(C)(=O)=O)cc1. The van der Waals surface area contributed by atoms with E-state index < -0.39 is 27.7 Å². The van der Waals surface area contributed by atoms with E-state index in [9.17, 15) is 18.0 Å². The molecule has 7 nitrogen and oxygen atoms in total. The van der Waals surface area contributed by atoms with Crippen molar-refractivity contribution in [3.8, 4) is 11.5 Å². The van der Waals surface area contributed by atoms with Gasteiger partial charge in [-0.2, -0.15) is 0 Å². The Bertz CT molecular complexity index is 916. The van der Waals surface area contributed by atoms with Gasteiger partial charge in [-0.1, -0.05) is 0 Å². The molecule has 0 saturated heterocycles. The van der Waals surface area contributed by atoms with Crippen LogP contribution in [0.1, 0.15) is 24.2 Å². The van der Waals surface area contributed by atoms with Crippen molar-refractivity contribution in [2.45, 2.75) is 24.8 Å². The topological polar surface area (TPSA) is 96.0 Å². The molecule has 0 amide bonds. The Morgan fingerprint density at radius 1 is 0.893 bits per heavy atom. The first kappa shape index (κ1) is 21.4. The largest absolute Gasteiger partial charge is 0.494 e. The van der Waals surface area contributed by atoms with Crippen LogP contribution in [-0.2, 0) is 19.4 Å². The minimum Gasteiger partial charge on any atom is -0.494 e. The number of ether oxygens (including phenoxy) is 3. The molecular formula is C20H22O7S. The van der Waals surface area contributed by atoms with Crippen LogP contribution < -0.4 is 9.47 Å². The molecule has 2 aromatic carbocycles. The van der Waals surface area contributed by atoms with Crippen LogP contribution >= 0.6 is 0 Å². The molecule has 0 aliphatic carbocycles. The third kappa shape index (κ3) is 5.56. The van der Waals surface area contributed by atoms with Crippen LogP contribution in [0.4, 0.5) is 0 Å². The predicted octanol–water partition coefficient (Wildman–Crippen LogP) is 2.68. The molecule has 2 aromatic rings. The van der Waals surface area contributed by atoms with Gasteiger partial charge in [-0.05, 0) is 62.4 Å². The van der Waals surface area contributed by atoms with Crippen molar-refractivity contribution < 1.29 is 32.2 Å². The summed E-state index contributed by atoms with van der Waals surface area (Å²) in [5.41, 5.74) is 0.136. The van der Waals surface area contributed by atoms with Gasteiger partial charge in [0.1, 0.15) is 11.5 Å². The highest BCUT2D eigenvalue weighted by Gasteiger charge is 2.31. The van der Waals surface area contributed by atoms with Gasteiger partial charge >= 0.3 is 5.97 Å². The number of Topliss-reactive ketones (excluding diaryl/α,β-unsaturated/α-hetero) is 1. The van der Waals surface area contributed by atoms with Crippen LogP contribution in [0.15, 0.2) is 53.4 Å². The standard InChI is InChI=1S/C20H22O7S/c1-4-25-15-8-10-16(11-9-15)27-19(20(22)26-5-2)18(21)14-6-12-17(13-7-14)28(3,23)24/h6-13,19H,4-5H2,1-3H3. The molecular weight excluding hydrogens is 384 g/mol. The summed E-state index contributed by atoms with van der Waals surface area (Å²) < 4.78 is 39.0. The zero-order chi connectivity index (χ0) is 20.7. The summed E-state index contributed by atoms with van der Waals surface area (Å²) in [6.45, 7) is 4.07. The number of hydrogen-bond donors (Lipinski definition) is 0. The Balaban J connectivity index is 2.26. The lowest BCUT2D eigenvalue weighted by Gasteiger charge is -2.17. The van der Waals surface area contributed by atoms with Gasteiger partial charge in [0.2, 0.25) is 5.78 Å². The fourth-order valence-electron chi connectivity index (χ4n) is 2.36. The Labute approximate surface area is 164 Å². The summed E-state index contributed by atoms with van der Waals surface area (Å²) in [6, 6.07) is 11.8. The molecule has 28 heavy (non-hydrogen) atoms. The Morgan fingerprint density at radius 2 is 1.46 bits per heavy atom. The Hall–Kier alpha value is -2.87. The van der Waals surface area contributed by atoms with Gasteiger partial charge in [0, 0.05) is 11.8 Å². The number of ketones is 1. The van der Waals surface area contributed by atoms with E-state index in [1.165, 1.54) is 24.3 Å². The van der Waals surface area contributed by atoms with E-state index in [2.05, 4.69) is 0 Å². The van der Waals surface area contributed by atoms with Crippen LogP contribution in [-0.4, -0.2) is 45.7 Å². The van der Waals surface area contributed by atoms with E-state index in [4.69, 9.17) is 14.2 Å². The number of esters is 1. The minimum absolute atomic E-state index is 0.0733. The van der Waals surface area contributed by atoms with Crippen molar-refractivity contribution in [3.63, 3.8) is 0 Å². The van der Waals surface area contributed by atoms with Crippen LogP contribution in [0.5, 0.6) is 11.5 Å². The molecule has 2 rings (SSSR count). The van der Waals surface area contributed by atoms with Gasteiger partial charge in [0.25, 0.3) is 6.10 Å². The van der Waals surface area contributed by atoms with Crippen molar-refractivity contribution in [3.05, 3.63) is 54.1 Å². The molecule has 0 aliphatic rings. The molecule has 0 aliphatic heterocycles. The molecule has 0 saturated carbocycles. The van der Waals surface area contributed by atoms with Crippen molar-refractivity contribution >= 4 is 21.6 Å². The highest BCUT2D eigenvalue weighted by Crippen LogP contribution is 2.21. The maximum atomic E-state index is 12.8. The molecule has 0 aromatic heterocycles. The number of benzene rings is 2. The molecule has 150 valence electrons. The quantitative estimate of drug-likeness (QED) is 0.359. The van der Waals surface area contributed by atoms with E-state index in [-0.39, 0.29) is 17.1 Å². The predicted molar refractivity (Wildman–Crippen MR) is 103 cm³/mol. The van der Waals surface area contributed by atoms with E-state index in [0.29, 0.717) is 18.1 Å². The number of carbonyl (C=O) groups excluding carboxylic acids is 2. The van der Waals surface area contributed by atoms with Gasteiger partial charge in [-0.3, -0.25) is 4.79 Å². The summed E-state index contributed by atoms with van der Waals surface area (Å²) in [5, 5.41) is 0.